The third-order valence-electron chi connectivity index (χ3n) is 17.7. The number of nitrogens with one attached hydrogen (secondary N) is 5. The Morgan fingerprint density at radius 2 is 1.44 bits per heavy atom. The average molecular weight is 1130 g/mol. The highest BCUT2D eigenvalue weighted by atomic mass is 19.1. The number of halogens is 2. The van der Waals surface area contributed by atoms with E-state index >= 15 is 8.78 Å². The average Bonchev–Trinajstić information content (AvgIpc) is 4.17. The topological polar surface area (TPSA) is 191 Å². The summed E-state index contributed by atoms with van der Waals surface area (Å²) in [6, 6.07) is 21.7. The van der Waals surface area contributed by atoms with Crippen molar-refractivity contribution in [2.45, 2.75) is 123 Å². The van der Waals surface area contributed by atoms with Crippen molar-refractivity contribution in [1.29, 1.82) is 0 Å². The number of hydrogen-bond donors (Lipinski definition) is 6. The van der Waals surface area contributed by atoms with Crippen LogP contribution < -0.4 is 36.4 Å². The first-order valence-electron chi connectivity index (χ1n) is 30.0. The number of anilines is 3. The fraction of sp³-hybridized carbons (Fsp3) is 0.587. The molecule has 17 nitrogen and oxygen atoms in total. The highest BCUT2D eigenvalue weighted by Gasteiger charge is 2.43. The van der Waals surface area contributed by atoms with E-state index in [0.717, 1.165) is 94.1 Å². The second-order valence-electron chi connectivity index (χ2n) is 25.5. The molecule has 6 heterocycles. The van der Waals surface area contributed by atoms with Crippen LogP contribution in [0.25, 0.3) is 0 Å². The van der Waals surface area contributed by atoms with Gasteiger partial charge in [-0.2, -0.15) is 0 Å². The predicted molar refractivity (Wildman–Crippen MR) is 316 cm³/mol. The smallest absolute Gasteiger partial charge is 0.249 e. The minimum atomic E-state index is -1.22. The number of benzene rings is 3. The molecule has 5 atom stereocenters. The summed E-state index contributed by atoms with van der Waals surface area (Å²) in [5.74, 6) is 0.562. The SMILES string of the molecule is CC(C)C[C@H](NC(=O)[C@@H](O)[C@H](C)Cc1ccccc1)C(=O)NCCCN1C[C@@H]2CN(CCC(=O)NCc3cccc(CNc4cc(N5CCC6(CC5)CN(c5cc(F)c(CN7CCC(C)(C)CC7)cc5F)CC(=O)N6)ncn4)c3)C[C@@H]2C1. The van der Waals surface area contributed by atoms with Crippen molar-refractivity contribution in [3.8, 4) is 0 Å². The van der Waals surface area contributed by atoms with Crippen LogP contribution in [0.15, 0.2) is 79.1 Å². The first kappa shape index (κ1) is 60.3. The van der Waals surface area contributed by atoms with Gasteiger partial charge in [-0.1, -0.05) is 89.2 Å². The third kappa shape index (κ3) is 16.5. The number of amides is 4. The molecule has 1 aromatic heterocycles. The summed E-state index contributed by atoms with van der Waals surface area (Å²) in [5, 5.41) is 26.4. The Morgan fingerprint density at radius 1 is 0.756 bits per heavy atom. The van der Waals surface area contributed by atoms with Crippen LogP contribution in [0, 0.1) is 40.7 Å². The fourth-order valence-corrected chi connectivity index (χ4v) is 12.8. The molecule has 6 N–H and O–H groups in total. The highest BCUT2D eigenvalue weighted by molar-refractivity contribution is 5.89. The Bertz CT molecular complexity index is 2790. The maximum Gasteiger partial charge on any atom is 0.249 e. The normalized spacial score (nSPS) is 21.2. The van der Waals surface area contributed by atoms with E-state index in [2.05, 4.69) is 76.1 Å². The number of hydrogen-bond acceptors (Lipinski definition) is 13. The summed E-state index contributed by atoms with van der Waals surface area (Å²) < 4.78 is 31.3. The van der Waals surface area contributed by atoms with Gasteiger partial charge in [-0.25, -0.2) is 18.7 Å². The molecule has 0 bridgehead atoms. The Hall–Kier alpha value is -6.28. The van der Waals surface area contributed by atoms with Gasteiger partial charge in [0.25, 0.3) is 0 Å². The van der Waals surface area contributed by atoms with Crippen LogP contribution in [0.4, 0.5) is 26.1 Å². The van der Waals surface area contributed by atoms with Gasteiger partial charge in [0, 0.05) is 103 Å². The molecule has 4 amide bonds. The van der Waals surface area contributed by atoms with E-state index in [-0.39, 0.29) is 47.2 Å². The lowest BCUT2D eigenvalue weighted by Gasteiger charge is -2.48. The molecule has 82 heavy (non-hydrogen) atoms. The summed E-state index contributed by atoms with van der Waals surface area (Å²) in [6.07, 6.45) is 5.86. The van der Waals surface area contributed by atoms with E-state index in [1.165, 1.54) is 12.1 Å². The third-order valence-corrected chi connectivity index (χ3v) is 17.7. The van der Waals surface area contributed by atoms with Crippen LogP contribution in [-0.4, -0.2) is 156 Å². The van der Waals surface area contributed by atoms with Crippen LogP contribution in [0.3, 0.4) is 0 Å². The Balaban J connectivity index is 0.649. The lowest BCUT2D eigenvalue weighted by molar-refractivity contribution is -0.136. The maximum atomic E-state index is 15.8. The number of carbonyl (C=O) groups excluding carboxylic acids is 4. The van der Waals surface area contributed by atoms with Crippen molar-refractivity contribution in [3.63, 3.8) is 0 Å². The summed E-state index contributed by atoms with van der Waals surface area (Å²) in [4.78, 5) is 72.5. The molecule has 3 aromatic carbocycles. The lowest BCUT2D eigenvalue weighted by atomic mass is 9.82. The lowest BCUT2D eigenvalue weighted by Crippen LogP contribution is -2.66. The van der Waals surface area contributed by atoms with E-state index in [4.69, 9.17) is 0 Å². The van der Waals surface area contributed by atoms with Gasteiger partial charge in [-0.05, 0) is 116 Å². The van der Waals surface area contributed by atoms with E-state index in [9.17, 15) is 24.3 Å². The maximum absolute atomic E-state index is 15.8. The van der Waals surface area contributed by atoms with Gasteiger partial charge in [0.05, 0.1) is 17.8 Å². The van der Waals surface area contributed by atoms with Crippen molar-refractivity contribution >= 4 is 41.0 Å². The zero-order chi connectivity index (χ0) is 58.0. The number of aromatic nitrogens is 2. The molecule has 0 radical (unpaired) electrons. The fourth-order valence-electron chi connectivity index (χ4n) is 12.8. The van der Waals surface area contributed by atoms with Crippen molar-refractivity contribution in [1.82, 2.24) is 45.9 Å². The number of fused-ring (bicyclic) bond motifs is 1. The summed E-state index contributed by atoms with van der Waals surface area (Å²) in [5.41, 5.74) is 3.24. The molecule has 5 aliphatic heterocycles. The molecule has 1 spiro atoms. The van der Waals surface area contributed by atoms with Crippen LogP contribution in [0.5, 0.6) is 0 Å². The number of piperazine rings is 1. The number of piperidine rings is 2. The van der Waals surface area contributed by atoms with Gasteiger partial charge in [0.2, 0.25) is 23.6 Å². The van der Waals surface area contributed by atoms with Crippen molar-refractivity contribution in [2.75, 3.05) is 100 Å². The number of likely N-dealkylation sites (tertiary alicyclic amines) is 3. The summed E-state index contributed by atoms with van der Waals surface area (Å²) >= 11 is 0. The molecule has 0 aliphatic carbocycles. The van der Waals surface area contributed by atoms with E-state index in [1.54, 1.807) is 11.2 Å². The van der Waals surface area contributed by atoms with E-state index in [0.29, 0.717) is 101 Å². The molecule has 5 saturated heterocycles. The minimum absolute atomic E-state index is 0.0236. The largest absolute Gasteiger partial charge is 0.383 e. The molecule has 19 heteroatoms. The van der Waals surface area contributed by atoms with Gasteiger partial charge in [-0.3, -0.25) is 24.1 Å². The van der Waals surface area contributed by atoms with Crippen molar-refractivity contribution in [3.05, 3.63) is 113 Å². The van der Waals surface area contributed by atoms with Gasteiger partial charge in [0.1, 0.15) is 41.7 Å². The second-order valence-corrected chi connectivity index (χ2v) is 25.5. The zero-order valence-electron chi connectivity index (χ0n) is 48.9. The van der Waals surface area contributed by atoms with E-state index < -0.39 is 35.2 Å². The molecular formula is C63H88F2N12O5. The highest BCUT2D eigenvalue weighted by Crippen LogP contribution is 2.35. The first-order chi connectivity index (χ1) is 39.3. The zero-order valence-corrected chi connectivity index (χ0v) is 48.9. The number of aliphatic hydroxyl groups excluding tert-OH is 1. The van der Waals surface area contributed by atoms with Crippen LogP contribution in [0.2, 0.25) is 0 Å². The molecule has 4 aromatic rings. The van der Waals surface area contributed by atoms with Gasteiger partial charge < -0.3 is 51.3 Å². The molecular weight excluding hydrogens is 1040 g/mol. The summed E-state index contributed by atoms with van der Waals surface area (Å²) in [7, 11) is 0. The van der Waals surface area contributed by atoms with Crippen molar-refractivity contribution in [2.24, 2.45) is 29.1 Å². The van der Waals surface area contributed by atoms with Gasteiger partial charge in [0.15, 0.2) is 0 Å². The van der Waals surface area contributed by atoms with Gasteiger partial charge in [-0.15, -0.1) is 0 Å². The molecule has 444 valence electrons. The van der Waals surface area contributed by atoms with Crippen LogP contribution >= 0.6 is 0 Å². The number of rotatable bonds is 24. The predicted octanol–water partition coefficient (Wildman–Crippen LogP) is 6.11. The van der Waals surface area contributed by atoms with E-state index in [1.807, 2.05) is 75.4 Å². The molecule has 0 unspecified atom stereocenters. The number of nitrogens with zero attached hydrogens (tertiary/aromatic N) is 7. The van der Waals surface area contributed by atoms with Crippen molar-refractivity contribution < 1.29 is 33.1 Å². The molecule has 5 fully saturated rings. The Labute approximate surface area is 483 Å². The number of aliphatic hydroxyl groups is 1. The monoisotopic (exact) mass is 1130 g/mol. The Kier molecular flexibility index (Phi) is 20.2. The Morgan fingerprint density at radius 3 is 2.15 bits per heavy atom. The van der Waals surface area contributed by atoms with Crippen LogP contribution in [0.1, 0.15) is 102 Å². The number of carbonyl (C=O) groups is 4. The molecule has 9 rings (SSSR count). The van der Waals surface area contributed by atoms with Gasteiger partial charge >= 0.3 is 0 Å². The minimum Gasteiger partial charge on any atom is -0.383 e. The van der Waals surface area contributed by atoms with Crippen LogP contribution in [-0.2, 0) is 45.2 Å². The molecule has 5 aliphatic rings. The summed E-state index contributed by atoms with van der Waals surface area (Å²) in [6.45, 7) is 21.0. The quantitative estimate of drug-likeness (QED) is 0.0442. The standard InChI is InChI=1S/C63H88F2N12O5/c1-43(2)27-53(71-61(82)59(80)44(3)28-45-11-7-6-8-12-45)60(81)66-20-10-21-74-36-49-38-75(39-50(49)37-74)22-15-57(78)68-34-47-14-9-13-46(29-47)33-67-55-32-56(70-42-69-55)76-25-18-63(19-26-76)41-77(40-58(79)72-63)54-31-51(64)48(30-52(54)65)35-73-23-16-62(4,5)17-24-73/h6-9,11-14,29-32,42-44,49-50,53,59,80H,10,15-28,33-41H2,1-5H3,(H,66,81)(H,68,78)(H,71,82)(H,72,79)(H,67,69,70)/t44-,49-,50+,53+,59+/m1/s1. The molecule has 0 saturated carbocycles. The first-order valence-corrected chi connectivity index (χ1v) is 30.0. The second kappa shape index (κ2) is 27.4.